The summed E-state index contributed by atoms with van der Waals surface area (Å²) in [6.07, 6.45) is 1.34. The normalized spacial score (nSPS) is 10.2. The van der Waals surface area contributed by atoms with Gasteiger partial charge in [0.2, 0.25) is 5.95 Å². The summed E-state index contributed by atoms with van der Waals surface area (Å²) in [5.41, 5.74) is 1.05. The first-order valence-electron chi connectivity index (χ1n) is 4.49. The van der Waals surface area contributed by atoms with Gasteiger partial charge >= 0.3 is 0 Å². The van der Waals surface area contributed by atoms with E-state index in [0.29, 0.717) is 15.8 Å². The van der Waals surface area contributed by atoms with Crippen molar-refractivity contribution in [3.63, 3.8) is 0 Å². The Morgan fingerprint density at radius 3 is 2.69 bits per heavy atom. The fraction of sp³-hybridized carbons (Fsp3) is 0. The molecule has 82 valence electrons. The second-order valence-corrected chi connectivity index (χ2v) is 3.97. The number of benzene rings is 1. The maximum atomic E-state index is 13.0. The van der Waals surface area contributed by atoms with Gasteiger partial charge in [-0.15, -0.1) is 0 Å². The van der Waals surface area contributed by atoms with E-state index in [9.17, 15) is 8.78 Å². The number of halogens is 3. The van der Waals surface area contributed by atoms with Gasteiger partial charge in [0.05, 0.1) is 5.69 Å². The predicted octanol–water partition coefficient (Wildman–Crippen LogP) is 3.87. The Morgan fingerprint density at radius 2 is 1.94 bits per heavy atom. The predicted molar refractivity (Wildman–Crippen MR) is 61.6 cm³/mol. The first-order valence-corrected chi connectivity index (χ1v) is 5.28. The molecule has 16 heavy (non-hydrogen) atoms. The van der Waals surface area contributed by atoms with Crippen molar-refractivity contribution in [2.45, 2.75) is 0 Å². The Kier molecular flexibility index (Phi) is 3.14. The summed E-state index contributed by atoms with van der Waals surface area (Å²) < 4.78 is 26.5. The summed E-state index contributed by atoms with van der Waals surface area (Å²) >= 11 is 3.27. The Labute approximate surface area is 99.5 Å². The number of nitrogens with zero attached hydrogens (tertiary/aromatic N) is 1. The molecular formula is C11H7BrF2N2. The quantitative estimate of drug-likeness (QED) is 0.847. The van der Waals surface area contributed by atoms with E-state index in [1.165, 1.54) is 24.4 Å². The highest BCUT2D eigenvalue weighted by Gasteiger charge is 2.03. The lowest BCUT2D eigenvalue weighted by Crippen LogP contribution is -1.93. The Balaban J connectivity index is 2.30. The van der Waals surface area contributed by atoms with E-state index in [0.717, 1.165) is 0 Å². The van der Waals surface area contributed by atoms with Crippen molar-refractivity contribution in [1.29, 1.82) is 0 Å². The van der Waals surface area contributed by atoms with Crippen molar-refractivity contribution < 1.29 is 8.78 Å². The van der Waals surface area contributed by atoms with Gasteiger partial charge in [0.1, 0.15) is 5.82 Å². The molecule has 1 heterocycles. The van der Waals surface area contributed by atoms with E-state index in [2.05, 4.69) is 26.2 Å². The van der Waals surface area contributed by atoms with Gasteiger partial charge in [0, 0.05) is 22.4 Å². The van der Waals surface area contributed by atoms with E-state index in [-0.39, 0.29) is 5.82 Å². The molecule has 0 fully saturated rings. The fourth-order valence-corrected chi connectivity index (χ4v) is 1.57. The molecule has 5 heteroatoms. The van der Waals surface area contributed by atoms with Crippen LogP contribution in [0.15, 0.2) is 41.0 Å². The van der Waals surface area contributed by atoms with Crippen molar-refractivity contribution in [3.05, 3.63) is 52.8 Å². The molecule has 0 unspecified atom stereocenters. The molecule has 2 nitrogen and oxygen atoms in total. The second-order valence-electron chi connectivity index (χ2n) is 3.12. The van der Waals surface area contributed by atoms with Gasteiger partial charge in [-0.2, -0.15) is 4.39 Å². The average molecular weight is 285 g/mol. The summed E-state index contributed by atoms with van der Waals surface area (Å²) in [4.78, 5) is 3.43. The lowest BCUT2D eigenvalue weighted by Gasteiger charge is -2.08. The van der Waals surface area contributed by atoms with Crippen molar-refractivity contribution in [2.75, 3.05) is 5.32 Å². The van der Waals surface area contributed by atoms with Gasteiger partial charge in [-0.25, -0.2) is 9.37 Å². The molecule has 0 saturated heterocycles. The molecule has 0 amide bonds. The van der Waals surface area contributed by atoms with Crippen LogP contribution in [0, 0.1) is 11.8 Å². The SMILES string of the molecule is Fc1ccc(Br)c(Nc2ccnc(F)c2)c1. The van der Waals surface area contributed by atoms with Gasteiger partial charge in [-0.3, -0.25) is 0 Å². The second kappa shape index (κ2) is 4.57. The number of hydrogen-bond donors (Lipinski definition) is 1. The average Bonchev–Trinajstić information content (AvgIpc) is 2.24. The third kappa shape index (κ3) is 2.55. The molecule has 0 radical (unpaired) electrons. The molecular weight excluding hydrogens is 278 g/mol. The first kappa shape index (κ1) is 11.0. The van der Waals surface area contributed by atoms with Crippen LogP contribution in [0.1, 0.15) is 0 Å². The summed E-state index contributed by atoms with van der Waals surface area (Å²) in [5, 5.41) is 2.89. The molecule has 0 aliphatic heterocycles. The summed E-state index contributed by atoms with van der Waals surface area (Å²) in [6.45, 7) is 0. The Bertz CT molecular complexity index is 517. The highest BCUT2D eigenvalue weighted by Crippen LogP contribution is 2.26. The van der Waals surface area contributed by atoms with Crippen LogP contribution < -0.4 is 5.32 Å². The molecule has 0 spiro atoms. The molecule has 2 rings (SSSR count). The first-order chi connectivity index (χ1) is 7.65. The lowest BCUT2D eigenvalue weighted by atomic mass is 10.3. The molecule has 0 aliphatic rings. The topological polar surface area (TPSA) is 24.9 Å². The molecule has 1 N–H and O–H groups in total. The third-order valence-electron chi connectivity index (χ3n) is 1.93. The van der Waals surface area contributed by atoms with Crippen LogP contribution in [-0.2, 0) is 0 Å². The largest absolute Gasteiger partial charge is 0.354 e. The molecule has 2 aromatic rings. The minimum atomic E-state index is -0.586. The maximum absolute atomic E-state index is 13.0. The number of hydrogen-bond acceptors (Lipinski definition) is 2. The number of anilines is 2. The van der Waals surface area contributed by atoms with Crippen LogP contribution in [0.4, 0.5) is 20.2 Å². The molecule has 0 saturated carbocycles. The van der Waals surface area contributed by atoms with E-state index >= 15 is 0 Å². The van der Waals surface area contributed by atoms with Crippen molar-refractivity contribution in [2.24, 2.45) is 0 Å². The van der Waals surface area contributed by atoms with Crippen LogP contribution in [0.5, 0.6) is 0 Å². The number of nitrogens with one attached hydrogen (secondary N) is 1. The molecule has 0 bridgehead atoms. The van der Waals surface area contributed by atoms with Crippen LogP contribution in [-0.4, -0.2) is 4.98 Å². The summed E-state index contributed by atoms with van der Waals surface area (Å²) in [7, 11) is 0. The standard InChI is InChI=1S/C11H7BrF2N2/c12-9-2-1-7(13)5-10(9)16-8-3-4-15-11(14)6-8/h1-6H,(H,15,16). The highest BCUT2D eigenvalue weighted by atomic mass is 79.9. The number of aromatic nitrogens is 1. The minimum absolute atomic E-state index is 0.361. The number of pyridine rings is 1. The molecule has 0 atom stereocenters. The van der Waals surface area contributed by atoms with Crippen LogP contribution in [0.2, 0.25) is 0 Å². The number of rotatable bonds is 2. The minimum Gasteiger partial charge on any atom is -0.354 e. The molecule has 1 aromatic carbocycles. The van der Waals surface area contributed by atoms with Gasteiger partial charge in [-0.05, 0) is 40.2 Å². The monoisotopic (exact) mass is 284 g/mol. The zero-order valence-electron chi connectivity index (χ0n) is 8.05. The lowest BCUT2D eigenvalue weighted by molar-refractivity contribution is 0.584. The summed E-state index contributed by atoms with van der Waals surface area (Å²) in [6, 6.07) is 7.07. The van der Waals surface area contributed by atoms with E-state index in [1.807, 2.05) is 0 Å². The fourth-order valence-electron chi connectivity index (χ4n) is 1.23. The Hall–Kier alpha value is -1.49. The Morgan fingerprint density at radius 1 is 1.12 bits per heavy atom. The highest BCUT2D eigenvalue weighted by molar-refractivity contribution is 9.10. The molecule has 0 aliphatic carbocycles. The van der Waals surface area contributed by atoms with Gasteiger partial charge < -0.3 is 5.32 Å². The van der Waals surface area contributed by atoms with Gasteiger partial charge in [0.15, 0.2) is 0 Å². The smallest absolute Gasteiger partial charge is 0.214 e. The maximum Gasteiger partial charge on any atom is 0.214 e. The van der Waals surface area contributed by atoms with E-state index < -0.39 is 5.95 Å². The zero-order chi connectivity index (χ0) is 11.5. The van der Waals surface area contributed by atoms with Crippen molar-refractivity contribution >= 4 is 27.3 Å². The van der Waals surface area contributed by atoms with E-state index in [4.69, 9.17) is 0 Å². The van der Waals surface area contributed by atoms with Gasteiger partial charge in [-0.1, -0.05) is 0 Å². The van der Waals surface area contributed by atoms with Gasteiger partial charge in [0.25, 0.3) is 0 Å². The third-order valence-corrected chi connectivity index (χ3v) is 2.63. The van der Waals surface area contributed by atoms with Crippen LogP contribution in [0.3, 0.4) is 0 Å². The van der Waals surface area contributed by atoms with Crippen molar-refractivity contribution in [3.8, 4) is 0 Å². The zero-order valence-corrected chi connectivity index (χ0v) is 9.63. The van der Waals surface area contributed by atoms with Crippen molar-refractivity contribution in [1.82, 2.24) is 4.98 Å². The van der Waals surface area contributed by atoms with Crippen LogP contribution in [0.25, 0.3) is 0 Å². The van der Waals surface area contributed by atoms with E-state index in [1.54, 1.807) is 12.1 Å². The summed E-state index contributed by atoms with van der Waals surface area (Å²) in [5.74, 6) is -0.947. The van der Waals surface area contributed by atoms with Crippen LogP contribution >= 0.6 is 15.9 Å². The molecule has 1 aromatic heterocycles.